The van der Waals surface area contributed by atoms with E-state index in [9.17, 15) is 4.79 Å². The molecule has 2 heterocycles. The van der Waals surface area contributed by atoms with Crippen molar-refractivity contribution in [1.29, 1.82) is 0 Å². The highest BCUT2D eigenvalue weighted by Gasteiger charge is 2.08. The molecule has 2 aromatic rings. The molecule has 2 rings (SSSR count). The van der Waals surface area contributed by atoms with Gasteiger partial charge in [-0.25, -0.2) is 9.78 Å². The zero-order valence-corrected chi connectivity index (χ0v) is 9.37. The van der Waals surface area contributed by atoms with Crippen LogP contribution in [0.1, 0.15) is 20.4 Å². The van der Waals surface area contributed by atoms with Crippen molar-refractivity contribution in [3.05, 3.63) is 34.0 Å². The minimum Gasteiger partial charge on any atom is -0.475 e. The highest BCUT2D eigenvalue weighted by molar-refractivity contribution is 7.11. The van der Waals surface area contributed by atoms with E-state index in [2.05, 4.69) is 10.3 Å². The van der Waals surface area contributed by atoms with Gasteiger partial charge in [0, 0.05) is 17.1 Å². The van der Waals surface area contributed by atoms with E-state index in [1.807, 2.05) is 6.92 Å². The van der Waals surface area contributed by atoms with Gasteiger partial charge in [-0.05, 0) is 13.0 Å². The fourth-order valence-electron chi connectivity index (χ4n) is 1.19. The van der Waals surface area contributed by atoms with Crippen molar-refractivity contribution in [2.75, 3.05) is 5.32 Å². The van der Waals surface area contributed by atoms with Crippen LogP contribution in [0.25, 0.3) is 0 Å². The van der Waals surface area contributed by atoms with Gasteiger partial charge in [0.15, 0.2) is 5.88 Å². The zero-order chi connectivity index (χ0) is 11.5. The van der Waals surface area contributed by atoms with Crippen molar-refractivity contribution in [3.63, 3.8) is 0 Å². The maximum Gasteiger partial charge on any atom is 0.371 e. The SMILES string of the molecule is Cc1cnc(CNc2ccc(C(=O)O)o2)s1. The highest BCUT2D eigenvalue weighted by Crippen LogP contribution is 2.16. The van der Waals surface area contributed by atoms with Crippen LogP contribution in [0.4, 0.5) is 5.88 Å². The monoisotopic (exact) mass is 238 g/mol. The van der Waals surface area contributed by atoms with Crippen molar-refractivity contribution in [2.45, 2.75) is 13.5 Å². The van der Waals surface area contributed by atoms with Crippen LogP contribution in [0.5, 0.6) is 0 Å². The summed E-state index contributed by atoms with van der Waals surface area (Å²) in [5.74, 6) is -0.707. The molecule has 2 N–H and O–H groups in total. The lowest BCUT2D eigenvalue weighted by atomic mass is 10.4. The number of thiazole rings is 1. The van der Waals surface area contributed by atoms with Gasteiger partial charge in [0.05, 0.1) is 6.54 Å². The zero-order valence-electron chi connectivity index (χ0n) is 8.56. The summed E-state index contributed by atoms with van der Waals surface area (Å²) in [7, 11) is 0. The molecular formula is C10H10N2O3S. The van der Waals surface area contributed by atoms with E-state index in [0.717, 1.165) is 9.88 Å². The van der Waals surface area contributed by atoms with Crippen LogP contribution in [0.15, 0.2) is 22.7 Å². The number of carboxylic acid groups (broad SMARTS) is 1. The second-order valence-corrected chi connectivity index (χ2v) is 4.51. The first-order chi connectivity index (χ1) is 7.65. The molecule has 0 aliphatic carbocycles. The Labute approximate surface area is 95.7 Å². The quantitative estimate of drug-likeness (QED) is 0.855. The van der Waals surface area contributed by atoms with E-state index < -0.39 is 5.97 Å². The molecule has 0 saturated heterocycles. The summed E-state index contributed by atoms with van der Waals surface area (Å²) in [4.78, 5) is 15.9. The normalized spacial score (nSPS) is 10.3. The minimum absolute atomic E-state index is 0.0715. The smallest absolute Gasteiger partial charge is 0.371 e. The number of nitrogens with one attached hydrogen (secondary N) is 1. The van der Waals surface area contributed by atoms with Gasteiger partial charge in [0.25, 0.3) is 0 Å². The molecule has 0 radical (unpaired) electrons. The van der Waals surface area contributed by atoms with Gasteiger partial charge >= 0.3 is 5.97 Å². The number of aromatic carboxylic acids is 1. The van der Waals surface area contributed by atoms with Crippen molar-refractivity contribution >= 4 is 23.2 Å². The van der Waals surface area contributed by atoms with E-state index in [4.69, 9.17) is 9.52 Å². The average molecular weight is 238 g/mol. The molecule has 0 aliphatic heterocycles. The molecule has 0 aromatic carbocycles. The molecular weight excluding hydrogens is 228 g/mol. The number of carbonyl (C=O) groups is 1. The van der Waals surface area contributed by atoms with Gasteiger partial charge in [-0.2, -0.15) is 0 Å². The molecule has 5 nitrogen and oxygen atoms in total. The fraction of sp³-hybridized carbons (Fsp3) is 0.200. The molecule has 0 fully saturated rings. The third-order valence-electron chi connectivity index (χ3n) is 1.90. The molecule has 0 saturated carbocycles. The summed E-state index contributed by atoms with van der Waals surface area (Å²) in [5, 5.41) is 12.6. The van der Waals surface area contributed by atoms with Gasteiger partial charge in [0.1, 0.15) is 5.01 Å². The van der Waals surface area contributed by atoms with Gasteiger partial charge < -0.3 is 14.8 Å². The third kappa shape index (κ3) is 2.40. The summed E-state index contributed by atoms with van der Waals surface area (Å²) >= 11 is 1.59. The predicted molar refractivity (Wildman–Crippen MR) is 59.8 cm³/mol. The molecule has 84 valence electrons. The van der Waals surface area contributed by atoms with Gasteiger partial charge in [-0.1, -0.05) is 0 Å². The van der Waals surface area contributed by atoms with Crippen LogP contribution >= 0.6 is 11.3 Å². The molecule has 0 unspecified atom stereocenters. The number of nitrogens with zero attached hydrogens (tertiary/aromatic N) is 1. The third-order valence-corrected chi connectivity index (χ3v) is 2.81. The Morgan fingerprint density at radius 2 is 2.44 bits per heavy atom. The Bertz CT molecular complexity index is 504. The number of hydrogen-bond donors (Lipinski definition) is 2. The Morgan fingerprint density at radius 1 is 1.62 bits per heavy atom. The highest BCUT2D eigenvalue weighted by atomic mass is 32.1. The first-order valence-electron chi connectivity index (χ1n) is 4.63. The van der Waals surface area contributed by atoms with E-state index in [1.54, 1.807) is 23.6 Å². The number of aromatic nitrogens is 1. The largest absolute Gasteiger partial charge is 0.475 e. The van der Waals surface area contributed by atoms with Gasteiger partial charge in [-0.15, -0.1) is 11.3 Å². The Kier molecular flexibility index (Phi) is 2.91. The maximum absolute atomic E-state index is 10.6. The molecule has 16 heavy (non-hydrogen) atoms. The molecule has 2 aromatic heterocycles. The standard InChI is InChI=1S/C10H10N2O3S/c1-6-4-12-9(16-6)5-11-8-3-2-7(15-8)10(13)14/h2-4,11H,5H2,1H3,(H,13,14). The van der Waals surface area contributed by atoms with Crippen LogP contribution in [0, 0.1) is 6.92 Å². The predicted octanol–water partition coefficient (Wildman–Crippen LogP) is 2.35. The van der Waals surface area contributed by atoms with Crippen molar-refractivity contribution in [3.8, 4) is 0 Å². The minimum atomic E-state index is -1.07. The molecule has 0 spiro atoms. The summed E-state index contributed by atoms with van der Waals surface area (Å²) in [6.45, 7) is 2.52. The van der Waals surface area contributed by atoms with Crippen molar-refractivity contribution < 1.29 is 14.3 Å². The lowest BCUT2D eigenvalue weighted by molar-refractivity contribution is 0.0663. The van der Waals surface area contributed by atoms with Crippen LogP contribution in [0.3, 0.4) is 0 Å². The second-order valence-electron chi connectivity index (χ2n) is 3.19. The van der Waals surface area contributed by atoms with E-state index in [-0.39, 0.29) is 5.76 Å². The van der Waals surface area contributed by atoms with E-state index >= 15 is 0 Å². The maximum atomic E-state index is 10.6. The number of aryl methyl sites for hydroxylation is 1. The molecule has 0 atom stereocenters. The van der Waals surface area contributed by atoms with Crippen LogP contribution in [-0.2, 0) is 6.54 Å². The van der Waals surface area contributed by atoms with E-state index in [0.29, 0.717) is 12.4 Å². The number of hydrogen-bond acceptors (Lipinski definition) is 5. The van der Waals surface area contributed by atoms with Gasteiger partial charge in [-0.3, -0.25) is 0 Å². The summed E-state index contributed by atoms with van der Waals surface area (Å²) in [6.07, 6.45) is 1.80. The first-order valence-corrected chi connectivity index (χ1v) is 5.45. The molecule has 0 aliphatic rings. The number of anilines is 1. The average Bonchev–Trinajstić information content (AvgIpc) is 2.83. The topological polar surface area (TPSA) is 75.4 Å². The second kappa shape index (κ2) is 4.36. The lowest BCUT2D eigenvalue weighted by Crippen LogP contribution is -1.97. The van der Waals surface area contributed by atoms with Crippen LogP contribution in [-0.4, -0.2) is 16.1 Å². The molecule has 0 bridgehead atoms. The van der Waals surface area contributed by atoms with E-state index in [1.165, 1.54) is 6.07 Å². The number of rotatable bonds is 4. The number of furan rings is 1. The summed E-state index contributed by atoms with van der Waals surface area (Å²) in [6, 6.07) is 3.00. The Morgan fingerprint density at radius 3 is 3.00 bits per heavy atom. The fourth-order valence-corrected chi connectivity index (χ4v) is 1.92. The van der Waals surface area contributed by atoms with Crippen molar-refractivity contribution in [2.24, 2.45) is 0 Å². The molecule has 6 heteroatoms. The van der Waals surface area contributed by atoms with Gasteiger partial charge in [0.2, 0.25) is 5.76 Å². The van der Waals surface area contributed by atoms with Crippen molar-refractivity contribution in [1.82, 2.24) is 4.98 Å². The Balaban J connectivity index is 1.97. The molecule has 0 amide bonds. The summed E-state index contributed by atoms with van der Waals surface area (Å²) in [5.41, 5.74) is 0. The first kappa shape index (κ1) is 10.7. The van der Waals surface area contributed by atoms with Crippen LogP contribution in [0.2, 0.25) is 0 Å². The lowest BCUT2D eigenvalue weighted by Gasteiger charge is -1.98. The summed E-state index contributed by atoms with van der Waals surface area (Å²) < 4.78 is 5.04. The Hall–Kier alpha value is -1.82. The number of carboxylic acids is 1. The van der Waals surface area contributed by atoms with Crippen LogP contribution < -0.4 is 5.32 Å².